The predicted octanol–water partition coefficient (Wildman–Crippen LogP) is 4.69. The summed E-state index contributed by atoms with van der Waals surface area (Å²) >= 11 is 4.97. The molecule has 0 aliphatic rings. The molecule has 0 saturated carbocycles. The molecule has 0 fully saturated rings. The molecule has 99 heavy (non-hydrogen) atoms. The number of hydrogen-bond acceptors (Lipinski definition) is 28. The molecule has 8 N–H and O–H groups in total. The summed E-state index contributed by atoms with van der Waals surface area (Å²) in [5.74, 6) is -0.948. The molecule has 1 aromatic rings. The summed E-state index contributed by atoms with van der Waals surface area (Å²) in [6.07, 6.45) is 8.19. The van der Waals surface area contributed by atoms with Gasteiger partial charge in [-0.05, 0) is 80.5 Å². The Morgan fingerprint density at radius 3 is 1.04 bits per heavy atom. The van der Waals surface area contributed by atoms with Gasteiger partial charge in [-0.1, -0.05) is 64.1 Å². The number of esters is 4. The topological polar surface area (TPSA) is 389 Å². The summed E-state index contributed by atoms with van der Waals surface area (Å²) in [5.41, 5.74) is 0. The lowest BCUT2D eigenvalue weighted by Crippen LogP contribution is -2.37. The number of ether oxygens (including phenoxy) is 14. The maximum Gasteiger partial charge on any atom is 0.306 e. The molecule has 29 heteroatoms. The van der Waals surface area contributed by atoms with Crippen molar-refractivity contribution in [2.75, 3.05) is 145 Å². The fourth-order valence-electron chi connectivity index (χ4n) is 6.80. The Balaban J connectivity index is -0.00000173. The van der Waals surface area contributed by atoms with Crippen LogP contribution in [0.4, 0.5) is 0 Å². The van der Waals surface area contributed by atoms with Gasteiger partial charge in [0.25, 0.3) is 0 Å². The average molecular weight is 1440 g/mol. The molecule has 0 bridgehead atoms. The lowest BCUT2D eigenvalue weighted by Gasteiger charge is -2.25. The summed E-state index contributed by atoms with van der Waals surface area (Å²) in [6, 6.07) is 5.72. The number of pyridine rings is 1. The molecule has 28 nitrogen and oxygen atoms in total. The molecule has 574 valence electrons. The minimum Gasteiger partial charge on any atom is -0.463 e. The van der Waals surface area contributed by atoms with E-state index in [1.165, 1.54) is 0 Å². The van der Waals surface area contributed by atoms with E-state index in [1.807, 2.05) is 18.2 Å². The van der Waals surface area contributed by atoms with Crippen LogP contribution in [0, 0.1) is 11.8 Å². The van der Waals surface area contributed by atoms with Crippen LogP contribution in [0.1, 0.15) is 105 Å². The van der Waals surface area contributed by atoms with Crippen molar-refractivity contribution in [3.8, 4) is 0 Å². The standard InChI is InChI=1S/C40H66O15.C20H42O11.C5H7ClO.C5H5N/c1-7-11-15-37(43)52-28-34(24-47-20-19-31(5)6)49-23-32(42)22-48-25-35(50-26-33(21-41)55-40(46)18-14-10-4)27-51-36(29-53-38(44)16-12-8-2)30-54-39(45)17-13-9-3;1-15(2)3-4-27-12-19(8-24)29-11-17(26)9-28-13-20(30-10-16(25)5-21)14-31-18(6-22)7-23;1-2-3-4-5(6)7;1-2-4-6-5-3-1/h7-10,31-36,41-42H,1-4,11-30H2,5-6H3;15-26H,3-14H2,1-2H3;2H,1,3-4H2;1-5H. The van der Waals surface area contributed by atoms with Crippen LogP contribution in [0.3, 0.4) is 0 Å². The SMILES string of the molecule is C=CCCC(=O)Cl.C=CCCC(=O)OCC(COCCC(C)C)OCC(O)COCC(COC(COC(=O)CCC=C)COC(=O)CCC=C)OCC(CO)OC(=O)CCC=C.CC(C)CCOCC(CO)OCC(O)COCC(COC(CO)CO)OCC(O)CO.c1ccncc1. The molecule has 0 amide bonds. The van der Waals surface area contributed by atoms with E-state index in [2.05, 4.69) is 65.6 Å². The lowest BCUT2D eigenvalue weighted by molar-refractivity contribution is -0.166. The maximum absolute atomic E-state index is 12.2. The van der Waals surface area contributed by atoms with E-state index < -0.39 is 98.1 Å². The Morgan fingerprint density at radius 1 is 0.374 bits per heavy atom. The smallest absolute Gasteiger partial charge is 0.306 e. The first-order valence-electron chi connectivity index (χ1n) is 33.4. The first kappa shape index (κ1) is 98.1. The van der Waals surface area contributed by atoms with Crippen LogP contribution in [0.5, 0.6) is 0 Å². The Morgan fingerprint density at radius 2 is 0.697 bits per heavy atom. The molecule has 0 aliphatic carbocycles. The summed E-state index contributed by atoms with van der Waals surface area (Å²) in [6.45, 7) is 24.0. The molecule has 0 aliphatic heterocycles. The number of aromatic nitrogens is 1. The van der Waals surface area contributed by atoms with Gasteiger partial charge in [0, 0.05) is 57.7 Å². The van der Waals surface area contributed by atoms with Crippen LogP contribution in [0.25, 0.3) is 0 Å². The van der Waals surface area contributed by atoms with Gasteiger partial charge < -0.3 is 107 Å². The molecule has 0 radical (unpaired) electrons. The largest absolute Gasteiger partial charge is 0.463 e. The molecule has 0 spiro atoms. The van der Waals surface area contributed by atoms with Crippen LogP contribution in [0.2, 0.25) is 0 Å². The van der Waals surface area contributed by atoms with Crippen molar-refractivity contribution >= 4 is 40.7 Å². The summed E-state index contributed by atoms with van der Waals surface area (Å²) in [4.78, 5) is 62.2. The number of carbonyl (C=O) groups is 5. The number of carbonyl (C=O) groups excluding carboxylic acids is 5. The van der Waals surface area contributed by atoms with Gasteiger partial charge in [-0.2, -0.15) is 0 Å². The summed E-state index contributed by atoms with van der Waals surface area (Å²) < 4.78 is 77.4. The second-order valence-corrected chi connectivity index (χ2v) is 23.3. The van der Waals surface area contributed by atoms with Crippen LogP contribution in [-0.4, -0.2) is 281 Å². The summed E-state index contributed by atoms with van der Waals surface area (Å²) in [5, 5.41) is 76.0. The fourth-order valence-corrected chi connectivity index (χ4v) is 6.91. The van der Waals surface area contributed by atoms with E-state index in [9.17, 15) is 49.5 Å². The average Bonchev–Trinajstić information content (AvgIpc) is 1.45. The highest BCUT2D eigenvalue weighted by molar-refractivity contribution is 6.63. The van der Waals surface area contributed by atoms with E-state index >= 15 is 0 Å². The van der Waals surface area contributed by atoms with Gasteiger partial charge in [-0.25, -0.2) is 0 Å². The van der Waals surface area contributed by atoms with Crippen molar-refractivity contribution in [2.45, 2.75) is 166 Å². The number of allylic oxidation sites excluding steroid dienone is 5. The van der Waals surface area contributed by atoms with E-state index in [-0.39, 0.29) is 150 Å². The van der Waals surface area contributed by atoms with Gasteiger partial charge in [-0.15, -0.1) is 32.9 Å². The Kier molecular flexibility index (Phi) is 70.8. The second kappa shape index (κ2) is 71.4. The molecule has 1 aromatic heterocycles. The number of aliphatic hydroxyl groups excluding tert-OH is 8. The molecule has 0 aromatic carbocycles. The van der Waals surface area contributed by atoms with Crippen LogP contribution in [-0.2, 0) is 90.3 Å². The van der Waals surface area contributed by atoms with Gasteiger partial charge in [-0.3, -0.25) is 29.0 Å². The molecule has 1 heterocycles. The highest BCUT2D eigenvalue weighted by Crippen LogP contribution is 2.11. The Labute approximate surface area is 591 Å². The van der Waals surface area contributed by atoms with Gasteiger partial charge in [0.2, 0.25) is 5.24 Å². The van der Waals surface area contributed by atoms with Crippen molar-refractivity contribution in [1.82, 2.24) is 4.98 Å². The third-order valence-electron chi connectivity index (χ3n) is 12.6. The Hall–Kier alpha value is -5.03. The van der Waals surface area contributed by atoms with E-state index in [0.29, 0.717) is 63.6 Å². The minimum absolute atomic E-state index is 0.000523. The van der Waals surface area contributed by atoms with Crippen molar-refractivity contribution in [1.29, 1.82) is 0 Å². The number of nitrogens with zero attached hydrogens (tertiary/aromatic N) is 1. The Bertz CT molecular complexity index is 2060. The van der Waals surface area contributed by atoms with E-state index in [0.717, 1.165) is 12.8 Å². The molecule has 8 atom stereocenters. The molecular formula is C70H120ClNO27. The number of hydrogen-bond donors (Lipinski definition) is 8. The summed E-state index contributed by atoms with van der Waals surface area (Å²) in [7, 11) is 0. The van der Waals surface area contributed by atoms with E-state index in [4.69, 9.17) is 93.2 Å². The minimum atomic E-state index is -1.09. The van der Waals surface area contributed by atoms with Gasteiger partial charge in [0.15, 0.2) is 0 Å². The van der Waals surface area contributed by atoms with Crippen LogP contribution < -0.4 is 0 Å². The van der Waals surface area contributed by atoms with Gasteiger partial charge in [0.05, 0.1) is 112 Å². The first-order chi connectivity index (χ1) is 47.6. The number of halogens is 1. The maximum atomic E-state index is 12.2. The second-order valence-electron chi connectivity index (χ2n) is 22.9. The van der Waals surface area contributed by atoms with Crippen molar-refractivity contribution in [3.63, 3.8) is 0 Å². The first-order valence-corrected chi connectivity index (χ1v) is 33.8. The third kappa shape index (κ3) is 68.5. The van der Waals surface area contributed by atoms with Crippen molar-refractivity contribution in [3.05, 3.63) is 93.9 Å². The number of rotatable bonds is 63. The molecular weight excluding hydrogens is 1320 g/mol. The third-order valence-corrected chi connectivity index (χ3v) is 12.8. The molecule has 8 unspecified atom stereocenters. The highest BCUT2D eigenvalue weighted by Gasteiger charge is 2.24. The predicted molar refractivity (Wildman–Crippen MR) is 369 cm³/mol. The van der Waals surface area contributed by atoms with E-state index in [1.54, 1.807) is 42.8 Å². The van der Waals surface area contributed by atoms with Crippen LogP contribution >= 0.6 is 11.6 Å². The normalized spacial score (nSPS) is 13.5. The fraction of sp³-hybridized carbons (Fsp3) is 0.714. The zero-order valence-electron chi connectivity index (χ0n) is 58.9. The molecule has 1 rings (SSSR count). The highest BCUT2D eigenvalue weighted by atomic mass is 35.5. The quantitative estimate of drug-likeness (QED) is 0.0144. The van der Waals surface area contributed by atoms with Crippen molar-refractivity contribution < 1.29 is 131 Å². The monoisotopic (exact) mass is 1440 g/mol. The van der Waals surface area contributed by atoms with Gasteiger partial charge >= 0.3 is 23.9 Å². The zero-order valence-corrected chi connectivity index (χ0v) is 59.7. The number of aliphatic hydroxyl groups is 8. The molecule has 0 saturated heterocycles. The zero-order chi connectivity index (χ0) is 74.5. The van der Waals surface area contributed by atoms with Crippen LogP contribution in [0.15, 0.2) is 93.9 Å². The van der Waals surface area contributed by atoms with Crippen molar-refractivity contribution in [2.24, 2.45) is 11.8 Å². The van der Waals surface area contributed by atoms with Gasteiger partial charge in [0.1, 0.15) is 80.9 Å². The lowest BCUT2D eigenvalue weighted by atomic mass is 10.1.